The molecule has 3 N–H and O–H groups in total. The standard InChI is InChI=1S/C12H24N2S/c1-10-12(9-13,6-8-15-10)14-7-2-3-11-4-5-11/h10-11,14H,2-9,13H2,1H3. The minimum absolute atomic E-state index is 0.244. The summed E-state index contributed by atoms with van der Waals surface area (Å²) in [4.78, 5) is 0. The van der Waals surface area contributed by atoms with Crippen molar-refractivity contribution >= 4 is 11.8 Å². The van der Waals surface area contributed by atoms with Crippen molar-refractivity contribution in [3.63, 3.8) is 0 Å². The van der Waals surface area contributed by atoms with E-state index in [1.165, 1.54) is 44.4 Å². The lowest BCUT2D eigenvalue weighted by molar-refractivity contribution is 0.330. The molecule has 3 heteroatoms. The molecule has 2 aliphatic rings. The number of nitrogens with one attached hydrogen (secondary N) is 1. The summed E-state index contributed by atoms with van der Waals surface area (Å²) in [6, 6.07) is 0. The van der Waals surface area contributed by atoms with Gasteiger partial charge in [-0.3, -0.25) is 0 Å². The van der Waals surface area contributed by atoms with Crippen molar-refractivity contribution in [3.8, 4) is 0 Å². The van der Waals surface area contributed by atoms with Crippen molar-refractivity contribution in [1.29, 1.82) is 0 Å². The average Bonchev–Trinajstić information content (AvgIpc) is 2.99. The van der Waals surface area contributed by atoms with Crippen molar-refractivity contribution in [2.45, 2.75) is 49.8 Å². The molecule has 1 aliphatic carbocycles. The predicted octanol–water partition coefficient (Wildman–Crippen LogP) is 1.99. The summed E-state index contributed by atoms with van der Waals surface area (Å²) in [5, 5.41) is 4.42. The normalized spacial score (nSPS) is 36.0. The van der Waals surface area contributed by atoms with Crippen LogP contribution in [0.3, 0.4) is 0 Å². The van der Waals surface area contributed by atoms with Crippen LogP contribution in [0.25, 0.3) is 0 Å². The number of hydrogen-bond acceptors (Lipinski definition) is 3. The van der Waals surface area contributed by atoms with Gasteiger partial charge in [-0.1, -0.05) is 19.8 Å². The monoisotopic (exact) mass is 228 g/mol. The minimum atomic E-state index is 0.244. The van der Waals surface area contributed by atoms with E-state index in [1.54, 1.807) is 0 Å². The van der Waals surface area contributed by atoms with Crippen molar-refractivity contribution in [2.75, 3.05) is 18.8 Å². The fourth-order valence-corrected chi connectivity index (χ4v) is 3.94. The first-order valence-corrected chi connectivity index (χ1v) is 7.38. The Morgan fingerprint density at radius 2 is 2.27 bits per heavy atom. The maximum absolute atomic E-state index is 5.94. The van der Waals surface area contributed by atoms with E-state index in [4.69, 9.17) is 5.73 Å². The molecule has 0 aromatic heterocycles. The van der Waals surface area contributed by atoms with E-state index in [-0.39, 0.29) is 5.54 Å². The second-order valence-corrected chi connectivity index (χ2v) is 6.58. The highest BCUT2D eigenvalue weighted by Gasteiger charge is 2.39. The summed E-state index contributed by atoms with van der Waals surface area (Å²) in [5.74, 6) is 2.34. The van der Waals surface area contributed by atoms with E-state index < -0.39 is 0 Å². The maximum Gasteiger partial charge on any atom is 0.0429 e. The lowest BCUT2D eigenvalue weighted by atomic mass is 9.92. The zero-order valence-electron chi connectivity index (χ0n) is 9.80. The molecule has 0 amide bonds. The van der Waals surface area contributed by atoms with E-state index in [9.17, 15) is 0 Å². The maximum atomic E-state index is 5.94. The molecule has 2 fully saturated rings. The number of rotatable bonds is 6. The molecule has 2 unspecified atom stereocenters. The molecule has 1 heterocycles. The molecule has 1 saturated heterocycles. The van der Waals surface area contributed by atoms with Crippen LogP contribution in [-0.2, 0) is 0 Å². The first kappa shape index (κ1) is 11.7. The summed E-state index contributed by atoms with van der Waals surface area (Å²) in [6.07, 6.45) is 6.97. The van der Waals surface area contributed by atoms with Gasteiger partial charge in [0.25, 0.3) is 0 Å². The molecule has 2 nitrogen and oxygen atoms in total. The van der Waals surface area contributed by atoms with Gasteiger partial charge in [0.2, 0.25) is 0 Å². The highest BCUT2D eigenvalue weighted by molar-refractivity contribution is 8.00. The van der Waals surface area contributed by atoms with Gasteiger partial charge in [0.05, 0.1) is 0 Å². The summed E-state index contributed by atoms with van der Waals surface area (Å²) in [5.41, 5.74) is 6.18. The first-order valence-electron chi connectivity index (χ1n) is 6.33. The minimum Gasteiger partial charge on any atom is -0.329 e. The Kier molecular flexibility index (Phi) is 3.97. The SMILES string of the molecule is CC1SCCC1(CN)NCCCC1CC1. The fraction of sp³-hybridized carbons (Fsp3) is 1.00. The van der Waals surface area contributed by atoms with Gasteiger partial charge in [-0.25, -0.2) is 0 Å². The molecule has 0 radical (unpaired) electrons. The van der Waals surface area contributed by atoms with Crippen molar-refractivity contribution in [1.82, 2.24) is 5.32 Å². The summed E-state index contributed by atoms with van der Waals surface area (Å²) < 4.78 is 0. The van der Waals surface area contributed by atoms with E-state index >= 15 is 0 Å². The van der Waals surface area contributed by atoms with Crippen LogP contribution in [0.2, 0.25) is 0 Å². The highest BCUT2D eigenvalue weighted by atomic mass is 32.2. The Bertz CT molecular complexity index is 206. The quantitative estimate of drug-likeness (QED) is 0.683. The molecule has 15 heavy (non-hydrogen) atoms. The first-order chi connectivity index (χ1) is 7.27. The second-order valence-electron chi connectivity index (χ2n) is 5.14. The van der Waals surface area contributed by atoms with Crippen LogP contribution < -0.4 is 11.1 Å². The zero-order chi connectivity index (χ0) is 10.7. The van der Waals surface area contributed by atoms with Gasteiger partial charge in [-0.15, -0.1) is 0 Å². The van der Waals surface area contributed by atoms with Gasteiger partial charge >= 0.3 is 0 Å². The van der Waals surface area contributed by atoms with E-state index in [1.807, 2.05) is 0 Å². The van der Waals surface area contributed by atoms with Crippen molar-refractivity contribution in [2.24, 2.45) is 11.7 Å². The third-order valence-corrected chi connectivity index (χ3v) is 5.41. The number of thioether (sulfide) groups is 1. The Morgan fingerprint density at radius 3 is 2.80 bits per heavy atom. The number of nitrogens with two attached hydrogens (primary N) is 1. The molecule has 2 rings (SSSR count). The Labute approximate surface area is 97.8 Å². The van der Waals surface area contributed by atoms with E-state index in [0.29, 0.717) is 5.25 Å². The molecule has 0 aromatic carbocycles. The van der Waals surface area contributed by atoms with Crippen LogP contribution >= 0.6 is 11.8 Å². The van der Waals surface area contributed by atoms with Gasteiger partial charge in [0, 0.05) is 17.3 Å². The smallest absolute Gasteiger partial charge is 0.0429 e. The second kappa shape index (κ2) is 5.07. The van der Waals surface area contributed by atoms with Gasteiger partial charge in [-0.05, 0) is 37.5 Å². The molecule has 1 aliphatic heterocycles. The largest absolute Gasteiger partial charge is 0.329 e. The topological polar surface area (TPSA) is 38.0 Å². The average molecular weight is 228 g/mol. The Balaban J connectivity index is 1.69. The molecular formula is C12H24N2S. The number of hydrogen-bond donors (Lipinski definition) is 2. The van der Waals surface area contributed by atoms with Crippen LogP contribution in [0, 0.1) is 5.92 Å². The molecule has 0 spiro atoms. The lowest BCUT2D eigenvalue weighted by Gasteiger charge is -2.33. The van der Waals surface area contributed by atoms with Gasteiger partial charge < -0.3 is 11.1 Å². The van der Waals surface area contributed by atoms with Crippen LogP contribution in [0.5, 0.6) is 0 Å². The fourth-order valence-electron chi connectivity index (χ4n) is 2.49. The van der Waals surface area contributed by atoms with Gasteiger partial charge in [0.15, 0.2) is 0 Å². The molecule has 0 aromatic rings. The summed E-state index contributed by atoms with van der Waals surface area (Å²) in [6.45, 7) is 4.28. The molecule has 1 saturated carbocycles. The van der Waals surface area contributed by atoms with Crippen LogP contribution in [0.15, 0.2) is 0 Å². The van der Waals surface area contributed by atoms with Crippen molar-refractivity contribution in [3.05, 3.63) is 0 Å². The molecule has 2 atom stereocenters. The third-order valence-electron chi connectivity index (χ3n) is 4.02. The van der Waals surface area contributed by atoms with E-state index in [2.05, 4.69) is 24.0 Å². The van der Waals surface area contributed by atoms with Gasteiger partial charge in [-0.2, -0.15) is 11.8 Å². The molecular weight excluding hydrogens is 204 g/mol. The molecule has 0 bridgehead atoms. The van der Waals surface area contributed by atoms with Crippen LogP contribution in [0.4, 0.5) is 0 Å². The van der Waals surface area contributed by atoms with Crippen LogP contribution in [0.1, 0.15) is 39.0 Å². The highest BCUT2D eigenvalue weighted by Crippen LogP contribution is 2.36. The van der Waals surface area contributed by atoms with Crippen molar-refractivity contribution < 1.29 is 0 Å². The lowest BCUT2D eigenvalue weighted by Crippen LogP contribution is -2.55. The van der Waals surface area contributed by atoms with Gasteiger partial charge in [0.1, 0.15) is 0 Å². The van der Waals surface area contributed by atoms with E-state index in [0.717, 1.165) is 12.5 Å². The predicted molar refractivity (Wildman–Crippen MR) is 68.3 cm³/mol. The third kappa shape index (κ3) is 2.89. The van der Waals surface area contributed by atoms with Crippen LogP contribution in [-0.4, -0.2) is 29.6 Å². The Morgan fingerprint density at radius 1 is 1.47 bits per heavy atom. The Hall–Kier alpha value is 0.270. The zero-order valence-corrected chi connectivity index (χ0v) is 10.6. The molecule has 88 valence electrons. The summed E-state index contributed by atoms with van der Waals surface area (Å²) >= 11 is 2.06. The summed E-state index contributed by atoms with van der Waals surface area (Å²) in [7, 11) is 0.